The van der Waals surface area contributed by atoms with Crippen molar-refractivity contribution in [1.29, 1.82) is 5.26 Å². The average Bonchev–Trinajstić information content (AvgIpc) is 2.75. The van der Waals surface area contributed by atoms with Crippen molar-refractivity contribution in [3.8, 4) is 11.8 Å². The average molecular weight is 272 g/mol. The van der Waals surface area contributed by atoms with Gasteiger partial charge in [-0.25, -0.2) is 4.68 Å². The molecular weight excluding hydrogens is 260 g/mol. The lowest BCUT2D eigenvalue weighted by atomic mass is 10.2. The third-order valence-electron chi connectivity index (χ3n) is 2.68. The molecule has 2 rings (SSSR count). The molecule has 0 radical (unpaired) electrons. The molecule has 0 aliphatic carbocycles. The van der Waals surface area contributed by atoms with Gasteiger partial charge in [0, 0.05) is 12.6 Å². The summed E-state index contributed by atoms with van der Waals surface area (Å²) in [5.41, 5.74) is 6.12. The van der Waals surface area contributed by atoms with Crippen LogP contribution in [0.3, 0.4) is 0 Å². The Labute approximate surface area is 114 Å². The number of aromatic nitrogens is 2. The van der Waals surface area contributed by atoms with Crippen LogP contribution in [0, 0.1) is 21.4 Å². The molecule has 8 nitrogen and oxygen atoms in total. The predicted molar refractivity (Wildman–Crippen MR) is 73.5 cm³/mol. The Kier molecular flexibility index (Phi) is 3.52. The van der Waals surface area contributed by atoms with Crippen LogP contribution in [0.4, 0.5) is 17.3 Å². The molecule has 0 atom stereocenters. The van der Waals surface area contributed by atoms with Crippen molar-refractivity contribution in [1.82, 2.24) is 9.78 Å². The molecule has 3 N–H and O–H groups in total. The van der Waals surface area contributed by atoms with Gasteiger partial charge in [-0.2, -0.15) is 5.26 Å². The summed E-state index contributed by atoms with van der Waals surface area (Å²) in [6, 6.07) is 8.02. The van der Waals surface area contributed by atoms with Crippen LogP contribution >= 0.6 is 0 Å². The van der Waals surface area contributed by atoms with Crippen LogP contribution in [0.15, 0.2) is 24.3 Å². The molecule has 0 spiro atoms. The van der Waals surface area contributed by atoms with E-state index in [1.165, 1.54) is 16.8 Å². The number of para-hydroxylation sites is 2. The number of hydrogen-bond acceptors (Lipinski definition) is 6. The first-order valence-electron chi connectivity index (χ1n) is 5.86. The van der Waals surface area contributed by atoms with E-state index in [1.807, 2.05) is 13.0 Å². The number of nitrogen functional groups attached to an aromatic ring is 1. The van der Waals surface area contributed by atoms with Crippen LogP contribution < -0.4 is 11.1 Å². The third kappa shape index (κ3) is 2.12. The van der Waals surface area contributed by atoms with Gasteiger partial charge < -0.3 is 11.1 Å². The van der Waals surface area contributed by atoms with E-state index >= 15 is 0 Å². The van der Waals surface area contributed by atoms with E-state index in [1.54, 1.807) is 12.1 Å². The number of nitrogens with zero attached hydrogens (tertiary/aromatic N) is 4. The minimum absolute atomic E-state index is 0.0674. The summed E-state index contributed by atoms with van der Waals surface area (Å²) in [5, 5.41) is 27.2. The zero-order valence-electron chi connectivity index (χ0n) is 10.7. The zero-order valence-corrected chi connectivity index (χ0v) is 10.7. The smallest absolute Gasteiger partial charge is 0.294 e. The maximum absolute atomic E-state index is 11.0. The first-order valence-corrected chi connectivity index (χ1v) is 5.86. The molecule has 0 bridgehead atoms. The molecule has 1 heterocycles. The molecule has 0 amide bonds. The number of rotatable bonds is 4. The number of nitrogens with two attached hydrogens (primary N) is 1. The standard InChI is InChI=1S/C12H12N6O2/c1-2-15-12-8(7-13)11(14)17(16-12)9-5-3-4-6-10(9)18(19)20/h3-6H,2,14H2,1H3,(H,15,16). The lowest BCUT2D eigenvalue weighted by Crippen LogP contribution is -2.05. The summed E-state index contributed by atoms with van der Waals surface area (Å²) >= 11 is 0. The van der Waals surface area contributed by atoms with Crippen molar-refractivity contribution in [2.45, 2.75) is 6.92 Å². The number of nitrogens with one attached hydrogen (secondary N) is 1. The van der Waals surface area contributed by atoms with Crippen molar-refractivity contribution < 1.29 is 4.92 Å². The first kappa shape index (κ1) is 13.4. The third-order valence-corrected chi connectivity index (χ3v) is 2.68. The first-order chi connectivity index (χ1) is 9.60. The fraction of sp³-hybridized carbons (Fsp3) is 0.167. The molecule has 0 fully saturated rings. The molecule has 0 unspecified atom stereocenters. The van der Waals surface area contributed by atoms with E-state index in [0.29, 0.717) is 12.4 Å². The van der Waals surface area contributed by atoms with Crippen molar-refractivity contribution in [2.75, 3.05) is 17.6 Å². The molecule has 2 aromatic rings. The molecule has 20 heavy (non-hydrogen) atoms. The quantitative estimate of drug-likeness (QED) is 0.644. The maximum Gasteiger partial charge on any atom is 0.294 e. The lowest BCUT2D eigenvalue weighted by molar-refractivity contribution is -0.384. The van der Waals surface area contributed by atoms with E-state index in [4.69, 9.17) is 11.0 Å². The number of nitriles is 1. The molecule has 8 heteroatoms. The SMILES string of the molecule is CCNc1nn(-c2ccccc2[N+](=O)[O-])c(N)c1C#N. The zero-order chi connectivity index (χ0) is 14.7. The van der Waals surface area contributed by atoms with Crippen molar-refractivity contribution >= 4 is 17.3 Å². The Morgan fingerprint density at radius 3 is 2.85 bits per heavy atom. The summed E-state index contributed by atoms with van der Waals surface area (Å²) in [7, 11) is 0. The van der Waals surface area contributed by atoms with Gasteiger partial charge in [-0.1, -0.05) is 12.1 Å². The molecule has 0 saturated heterocycles. The van der Waals surface area contributed by atoms with Gasteiger partial charge in [0.2, 0.25) is 0 Å². The molecule has 102 valence electrons. The monoisotopic (exact) mass is 272 g/mol. The normalized spacial score (nSPS) is 10.0. The highest BCUT2D eigenvalue weighted by molar-refractivity contribution is 5.68. The van der Waals surface area contributed by atoms with Gasteiger partial charge in [0.25, 0.3) is 5.69 Å². The highest BCUT2D eigenvalue weighted by Crippen LogP contribution is 2.28. The van der Waals surface area contributed by atoms with Crippen molar-refractivity contribution in [3.63, 3.8) is 0 Å². The van der Waals surface area contributed by atoms with Crippen LogP contribution in [0.2, 0.25) is 0 Å². The van der Waals surface area contributed by atoms with Crippen molar-refractivity contribution in [3.05, 3.63) is 39.9 Å². The molecular formula is C12H12N6O2. The summed E-state index contributed by atoms with van der Waals surface area (Å²) in [6.07, 6.45) is 0. The summed E-state index contributed by atoms with van der Waals surface area (Å²) in [5.74, 6) is 0.378. The van der Waals surface area contributed by atoms with Gasteiger partial charge in [0.15, 0.2) is 5.82 Å². The van der Waals surface area contributed by atoms with Crippen LogP contribution in [-0.4, -0.2) is 21.2 Å². The van der Waals surface area contributed by atoms with E-state index in [2.05, 4.69) is 10.4 Å². The Bertz CT molecular complexity index is 700. The number of anilines is 2. The van der Waals surface area contributed by atoms with Gasteiger partial charge in [-0.15, -0.1) is 5.10 Å². The van der Waals surface area contributed by atoms with Crippen LogP contribution in [0.1, 0.15) is 12.5 Å². The fourth-order valence-corrected chi connectivity index (χ4v) is 1.81. The Hall–Kier alpha value is -3.08. The van der Waals surface area contributed by atoms with E-state index in [-0.39, 0.29) is 22.8 Å². The largest absolute Gasteiger partial charge is 0.382 e. The van der Waals surface area contributed by atoms with Crippen LogP contribution in [0.25, 0.3) is 5.69 Å². The number of nitro groups is 1. The van der Waals surface area contributed by atoms with Crippen LogP contribution in [-0.2, 0) is 0 Å². The number of hydrogen-bond donors (Lipinski definition) is 2. The van der Waals surface area contributed by atoms with Crippen molar-refractivity contribution in [2.24, 2.45) is 0 Å². The molecule has 0 saturated carbocycles. The predicted octanol–water partition coefficient (Wildman–Crippen LogP) is 1.67. The highest BCUT2D eigenvalue weighted by Gasteiger charge is 2.21. The van der Waals surface area contributed by atoms with Gasteiger partial charge >= 0.3 is 0 Å². The summed E-state index contributed by atoms with van der Waals surface area (Å²) in [4.78, 5) is 10.5. The van der Waals surface area contributed by atoms with Gasteiger partial charge in [0.05, 0.1) is 4.92 Å². The highest BCUT2D eigenvalue weighted by atomic mass is 16.6. The number of benzene rings is 1. The minimum Gasteiger partial charge on any atom is -0.382 e. The van der Waals surface area contributed by atoms with Crippen LogP contribution in [0.5, 0.6) is 0 Å². The second-order valence-corrected chi connectivity index (χ2v) is 3.91. The van der Waals surface area contributed by atoms with E-state index in [9.17, 15) is 10.1 Å². The van der Waals surface area contributed by atoms with Gasteiger partial charge in [-0.3, -0.25) is 10.1 Å². The lowest BCUT2D eigenvalue weighted by Gasteiger charge is -2.04. The Balaban J connectivity index is 2.66. The Morgan fingerprint density at radius 1 is 1.55 bits per heavy atom. The maximum atomic E-state index is 11.0. The summed E-state index contributed by atoms with van der Waals surface area (Å²) in [6.45, 7) is 2.41. The molecule has 0 aliphatic rings. The van der Waals surface area contributed by atoms with Gasteiger partial charge in [-0.05, 0) is 13.0 Å². The summed E-state index contributed by atoms with van der Waals surface area (Å²) < 4.78 is 1.20. The van der Waals surface area contributed by atoms with Gasteiger partial charge in [0.1, 0.15) is 23.1 Å². The molecule has 1 aromatic heterocycles. The molecule has 1 aromatic carbocycles. The van der Waals surface area contributed by atoms with E-state index in [0.717, 1.165) is 0 Å². The second kappa shape index (κ2) is 5.27. The second-order valence-electron chi connectivity index (χ2n) is 3.91. The molecule has 0 aliphatic heterocycles. The fourth-order valence-electron chi connectivity index (χ4n) is 1.81. The van der Waals surface area contributed by atoms with E-state index < -0.39 is 4.92 Å². The Morgan fingerprint density at radius 2 is 2.25 bits per heavy atom. The number of nitro benzene ring substituents is 1. The topological polar surface area (TPSA) is 123 Å². The minimum atomic E-state index is -0.518.